The van der Waals surface area contributed by atoms with Crippen molar-refractivity contribution < 1.29 is 19.0 Å². The Bertz CT molecular complexity index is 1150. The highest BCUT2D eigenvalue weighted by molar-refractivity contribution is 6.05. The molecule has 0 saturated heterocycles. The summed E-state index contributed by atoms with van der Waals surface area (Å²) in [5, 5.41) is 3.63. The highest BCUT2D eigenvalue weighted by Crippen LogP contribution is 2.40. The normalized spacial score (nSPS) is 17.2. The first-order valence-electron chi connectivity index (χ1n) is 11.3. The van der Waals surface area contributed by atoms with Crippen LogP contribution in [0.4, 0.5) is 11.4 Å². The van der Waals surface area contributed by atoms with Gasteiger partial charge in [0.15, 0.2) is 11.5 Å². The third-order valence-electron chi connectivity index (χ3n) is 6.05. The van der Waals surface area contributed by atoms with Crippen LogP contribution in [0.2, 0.25) is 0 Å². The molecule has 0 spiro atoms. The molecule has 1 amide bonds. The molecule has 0 unspecified atom stereocenters. The van der Waals surface area contributed by atoms with E-state index in [-0.39, 0.29) is 18.0 Å². The summed E-state index contributed by atoms with van der Waals surface area (Å²) in [5.74, 6) is 1.52. The number of fused-ring (bicyclic) bond motifs is 1. The van der Waals surface area contributed by atoms with Gasteiger partial charge in [-0.25, -0.2) is 0 Å². The number of amides is 1. The highest BCUT2D eigenvalue weighted by atomic mass is 16.5. The van der Waals surface area contributed by atoms with E-state index in [9.17, 15) is 4.79 Å². The van der Waals surface area contributed by atoms with Crippen molar-refractivity contribution in [1.82, 2.24) is 0 Å². The first-order chi connectivity index (χ1) is 16.5. The lowest BCUT2D eigenvalue weighted by Crippen LogP contribution is -2.43. The van der Waals surface area contributed by atoms with E-state index < -0.39 is 0 Å². The van der Waals surface area contributed by atoms with Crippen molar-refractivity contribution in [2.24, 2.45) is 0 Å². The smallest absolute Gasteiger partial charge is 0.251 e. The van der Waals surface area contributed by atoms with Gasteiger partial charge in [0.2, 0.25) is 5.75 Å². The first kappa shape index (κ1) is 23.2. The number of ether oxygens (including phenoxy) is 3. The third-order valence-corrected chi connectivity index (χ3v) is 6.05. The van der Waals surface area contributed by atoms with E-state index in [1.54, 1.807) is 33.5 Å². The van der Waals surface area contributed by atoms with Crippen molar-refractivity contribution in [3.8, 4) is 17.2 Å². The molecule has 3 aromatic carbocycles. The minimum atomic E-state index is -0.0770. The summed E-state index contributed by atoms with van der Waals surface area (Å²) in [6, 6.07) is 22.0. The molecular formula is C28H30N2O4. The van der Waals surface area contributed by atoms with Crippen molar-refractivity contribution in [2.75, 3.05) is 31.5 Å². The summed E-state index contributed by atoms with van der Waals surface area (Å²) < 4.78 is 16.2. The molecule has 34 heavy (non-hydrogen) atoms. The summed E-state index contributed by atoms with van der Waals surface area (Å²) in [4.78, 5) is 15.2. The number of methoxy groups -OCH3 is 3. The summed E-state index contributed by atoms with van der Waals surface area (Å²) in [6.07, 6.45) is 4.17. The van der Waals surface area contributed by atoms with E-state index in [2.05, 4.69) is 30.4 Å². The summed E-state index contributed by atoms with van der Waals surface area (Å²) >= 11 is 0. The lowest BCUT2D eigenvalue weighted by molar-refractivity contribution is -0.114. The maximum absolute atomic E-state index is 13.4. The Hall–Kier alpha value is -3.93. The summed E-state index contributed by atoms with van der Waals surface area (Å²) in [7, 11) is 4.71. The molecule has 0 saturated carbocycles. The SMILES string of the molecule is COc1cc(C=CC(=O)N2c3ccccc3[C@H](Nc3ccccc3)C[C@@H]2C)cc(OC)c1OC. The first-order valence-corrected chi connectivity index (χ1v) is 11.3. The van der Waals surface area contributed by atoms with Crippen LogP contribution in [0, 0.1) is 0 Å². The Morgan fingerprint density at radius 2 is 1.59 bits per heavy atom. The largest absolute Gasteiger partial charge is 0.493 e. The van der Waals surface area contributed by atoms with Crippen LogP contribution in [0.3, 0.4) is 0 Å². The van der Waals surface area contributed by atoms with E-state index >= 15 is 0 Å². The Labute approximate surface area is 200 Å². The van der Waals surface area contributed by atoms with Crippen molar-refractivity contribution in [1.29, 1.82) is 0 Å². The minimum Gasteiger partial charge on any atom is -0.493 e. The number of anilines is 2. The number of carbonyl (C=O) groups is 1. The number of rotatable bonds is 7. The second-order valence-electron chi connectivity index (χ2n) is 8.21. The van der Waals surface area contributed by atoms with Gasteiger partial charge in [-0.15, -0.1) is 0 Å². The molecule has 1 heterocycles. The number of carbonyl (C=O) groups excluding carboxylic acids is 1. The van der Waals surface area contributed by atoms with Gasteiger partial charge in [-0.3, -0.25) is 4.79 Å². The van der Waals surface area contributed by atoms with Gasteiger partial charge in [0.25, 0.3) is 5.91 Å². The third kappa shape index (κ3) is 4.71. The van der Waals surface area contributed by atoms with Gasteiger partial charge in [-0.05, 0) is 60.9 Å². The zero-order chi connectivity index (χ0) is 24.1. The quantitative estimate of drug-likeness (QED) is 0.460. The van der Waals surface area contributed by atoms with Crippen LogP contribution >= 0.6 is 0 Å². The molecule has 1 aliphatic rings. The van der Waals surface area contributed by atoms with Crippen molar-refractivity contribution in [3.63, 3.8) is 0 Å². The average molecular weight is 459 g/mol. The second kappa shape index (κ2) is 10.3. The van der Waals surface area contributed by atoms with Crippen LogP contribution in [0.5, 0.6) is 17.2 Å². The Kier molecular flexibility index (Phi) is 7.07. The lowest BCUT2D eigenvalue weighted by atomic mass is 9.91. The number of para-hydroxylation sites is 2. The van der Waals surface area contributed by atoms with Crippen LogP contribution in [0.1, 0.15) is 30.5 Å². The Morgan fingerprint density at radius 3 is 2.24 bits per heavy atom. The fourth-order valence-electron chi connectivity index (χ4n) is 4.47. The molecule has 0 aromatic heterocycles. The molecule has 6 nitrogen and oxygen atoms in total. The fourth-order valence-corrected chi connectivity index (χ4v) is 4.47. The maximum atomic E-state index is 13.4. The zero-order valence-corrected chi connectivity index (χ0v) is 19.9. The van der Waals surface area contributed by atoms with Gasteiger partial charge in [0, 0.05) is 23.5 Å². The van der Waals surface area contributed by atoms with Crippen LogP contribution in [-0.4, -0.2) is 33.3 Å². The van der Waals surface area contributed by atoms with Crippen LogP contribution in [0.25, 0.3) is 6.08 Å². The summed E-state index contributed by atoms with van der Waals surface area (Å²) in [5.41, 5.74) is 3.88. The van der Waals surface area contributed by atoms with Gasteiger partial charge < -0.3 is 24.4 Å². The number of hydrogen-bond acceptors (Lipinski definition) is 5. The molecule has 2 atom stereocenters. The predicted octanol–water partition coefficient (Wildman–Crippen LogP) is 5.70. The number of nitrogens with zero attached hydrogens (tertiary/aromatic N) is 1. The van der Waals surface area contributed by atoms with Crippen LogP contribution in [0.15, 0.2) is 72.8 Å². The van der Waals surface area contributed by atoms with Crippen LogP contribution < -0.4 is 24.4 Å². The van der Waals surface area contributed by atoms with Crippen molar-refractivity contribution >= 4 is 23.4 Å². The standard InChI is InChI=1S/C28H30N2O4/c1-19-16-23(29-21-10-6-5-7-11-21)22-12-8-9-13-24(22)30(19)27(31)15-14-20-17-25(32-2)28(34-4)26(18-20)33-3/h5-15,17-19,23,29H,16H2,1-4H3/t19-,23+/m0/s1. The highest BCUT2D eigenvalue weighted by Gasteiger charge is 2.32. The molecule has 0 radical (unpaired) electrons. The minimum absolute atomic E-state index is 0.0215. The molecule has 6 heteroatoms. The summed E-state index contributed by atoms with van der Waals surface area (Å²) in [6.45, 7) is 2.08. The van der Waals surface area contributed by atoms with Crippen molar-refractivity contribution in [3.05, 3.63) is 83.9 Å². The lowest BCUT2D eigenvalue weighted by Gasteiger charge is -2.39. The molecule has 0 fully saturated rings. The zero-order valence-electron chi connectivity index (χ0n) is 19.9. The molecule has 4 rings (SSSR count). The average Bonchev–Trinajstić information content (AvgIpc) is 2.87. The van der Waals surface area contributed by atoms with Gasteiger partial charge >= 0.3 is 0 Å². The molecule has 1 aliphatic heterocycles. The molecule has 3 aromatic rings. The van der Waals surface area contributed by atoms with E-state index in [1.807, 2.05) is 53.4 Å². The van der Waals surface area contributed by atoms with E-state index in [0.717, 1.165) is 28.9 Å². The maximum Gasteiger partial charge on any atom is 0.251 e. The Balaban J connectivity index is 1.60. The number of benzene rings is 3. The van der Waals surface area contributed by atoms with E-state index in [1.165, 1.54) is 0 Å². The topological polar surface area (TPSA) is 60.0 Å². The molecule has 0 bridgehead atoms. The van der Waals surface area contributed by atoms with Crippen molar-refractivity contribution in [2.45, 2.75) is 25.4 Å². The van der Waals surface area contributed by atoms with E-state index in [0.29, 0.717) is 17.2 Å². The molecule has 176 valence electrons. The van der Waals surface area contributed by atoms with Crippen LogP contribution in [-0.2, 0) is 4.79 Å². The van der Waals surface area contributed by atoms with Gasteiger partial charge in [-0.1, -0.05) is 36.4 Å². The van der Waals surface area contributed by atoms with Gasteiger partial charge in [-0.2, -0.15) is 0 Å². The molecule has 0 aliphatic carbocycles. The monoisotopic (exact) mass is 458 g/mol. The number of nitrogens with one attached hydrogen (secondary N) is 1. The van der Waals surface area contributed by atoms with Gasteiger partial charge in [0.1, 0.15) is 0 Å². The molecular weight excluding hydrogens is 428 g/mol. The fraction of sp³-hybridized carbons (Fsp3) is 0.250. The van der Waals surface area contributed by atoms with E-state index in [4.69, 9.17) is 14.2 Å². The molecule has 1 N–H and O–H groups in total. The second-order valence-corrected chi connectivity index (χ2v) is 8.21. The number of hydrogen-bond donors (Lipinski definition) is 1. The van der Waals surface area contributed by atoms with Gasteiger partial charge in [0.05, 0.1) is 27.4 Å². The predicted molar refractivity (Wildman–Crippen MR) is 136 cm³/mol. The Morgan fingerprint density at radius 1 is 0.941 bits per heavy atom.